The number of aromatic amines is 2. The van der Waals surface area contributed by atoms with Gasteiger partial charge in [-0.15, -0.1) is 0 Å². The van der Waals surface area contributed by atoms with Crippen molar-refractivity contribution in [1.29, 1.82) is 5.26 Å². The number of nitriles is 1. The molecule has 5 aromatic rings. The van der Waals surface area contributed by atoms with Crippen LogP contribution in [0.15, 0.2) is 75.3 Å². The van der Waals surface area contributed by atoms with Crippen molar-refractivity contribution in [3.8, 4) is 6.07 Å². The largest absolute Gasteiger partial charge is 0.450 e. The number of nitrogens with zero attached hydrogens (tertiary/aromatic N) is 3. The molecule has 0 aliphatic heterocycles. The van der Waals surface area contributed by atoms with E-state index in [1.807, 2.05) is 60.7 Å². The number of rotatable bonds is 4. The lowest BCUT2D eigenvalue weighted by molar-refractivity contribution is 0.466. The third-order valence-electron chi connectivity index (χ3n) is 4.22. The standard InChI is InChI=1S/C21H13N5OS/c22-12-13(20-23-15-5-1-2-6-16(15)24-20)11-14-9-10-19(27-14)28-21-25-17-7-3-4-8-18(17)26-21/h1-11H,(H,23,24)(H,25,26)/b13-11-. The Morgan fingerprint density at radius 3 is 2.36 bits per heavy atom. The van der Waals surface area contributed by atoms with Crippen LogP contribution in [-0.4, -0.2) is 19.9 Å². The zero-order valence-corrected chi connectivity index (χ0v) is 15.3. The zero-order chi connectivity index (χ0) is 18.9. The molecule has 0 saturated heterocycles. The molecule has 2 N–H and O–H groups in total. The van der Waals surface area contributed by atoms with E-state index in [0.717, 1.165) is 27.2 Å². The number of para-hydroxylation sites is 4. The fraction of sp³-hybridized carbons (Fsp3) is 0. The maximum atomic E-state index is 9.55. The Hall–Kier alpha value is -3.76. The summed E-state index contributed by atoms with van der Waals surface area (Å²) in [7, 11) is 0. The molecule has 0 fully saturated rings. The van der Waals surface area contributed by atoms with Crippen LogP contribution in [0.5, 0.6) is 0 Å². The number of hydrogen-bond acceptors (Lipinski definition) is 5. The molecular formula is C21H13N5OS. The lowest BCUT2D eigenvalue weighted by Crippen LogP contribution is -1.84. The predicted molar refractivity (Wildman–Crippen MR) is 109 cm³/mol. The highest BCUT2D eigenvalue weighted by Crippen LogP contribution is 2.30. The molecule has 3 aromatic heterocycles. The second-order valence-electron chi connectivity index (χ2n) is 6.09. The van der Waals surface area contributed by atoms with Crippen LogP contribution in [0, 0.1) is 11.3 Å². The van der Waals surface area contributed by atoms with Crippen LogP contribution in [0.4, 0.5) is 0 Å². The van der Waals surface area contributed by atoms with Crippen molar-refractivity contribution in [2.45, 2.75) is 10.2 Å². The summed E-state index contributed by atoms with van der Waals surface area (Å²) in [5.74, 6) is 1.10. The van der Waals surface area contributed by atoms with Gasteiger partial charge in [0.1, 0.15) is 17.7 Å². The van der Waals surface area contributed by atoms with Gasteiger partial charge < -0.3 is 14.4 Å². The highest BCUT2D eigenvalue weighted by molar-refractivity contribution is 7.99. The molecule has 0 saturated carbocycles. The number of benzene rings is 2. The van der Waals surface area contributed by atoms with Crippen molar-refractivity contribution < 1.29 is 4.42 Å². The molecule has 0 radical (unpaired) electrons. The van der Waals surface area contributed by atoms with Crippen LogP contribution < -0.4 is 0 Å². The minimum atomic E-state index is 0.408. The van der Waals surface area contributed by atoms with Gasteiger partial charge in [-0.3, -0.25) is 0 Å². The van der Waals surface area contributed by atoms with E-state index in [2.05, 4.69) is 26.0 Å². The van der Waals surface area contributed by atoms with Crippen molar-refractivity contribution in [3.05, 3.63) is 72.2 Å². The Kier molecular flexibility index (Phi) is 3.96. The van der Waals surface area contributed by atoms with Crippen LogP contribution in [-0.2, 0) is 0 Å². The first-order valence-electron chi connectivity index (χ1n) is 8.58. The molecule has 0 atom stereocenters. The molecule has 28 heavy (non-hydrogen) atoms. The van der Waals surface area contributed by atoms with Crippen molar-refractivity contribution in [1.82, 2.24) is 19.9 Å². The lowest BCUT2D eigenvalue weighted by Gasteiger charge is -1.93. The fourth-order valence-electron chi connectivity index (χ4n) is 2.92. The van der Waals surface area contributed by atoms with E-state index in [9.17, 15) is 5.26 Å². The molecule has 0 unspecified atom stereocenters. The minimum absolute atomic E-state index is 0.408. The zero-order valence-electron chi connectivity index (χ0n) is 14.5. The minimum Gasteiger partial charge on any atom is -0.450 e. The fourth-order valence-corrected chi connectivity index (χ4v) is 3.69. The number of furan rings is 1. The first-order chi connectivity index (χ1) is 13.8. The molecule has 0 spiro atoms. The van der Waals surface area contributed by atoms with Crippen LogP contribution in [0.2, 0.25) is 0 Å². The monoisotopic (exact) mass is 383 g/mol. The smallest absolute Gasteiger partial charge is 0.174 e. The molecule has 6 nitrogen and oxygen atoms in total. The lowest BCUT2D eigenvalue weighted by atomic mass is 10.2. The van der Waals surface area contributed by atoms with Gasteiger partial charge in [0.25, 0.3) is 0 Å². The Balaban J connectivity index is 1.42. The third kappa shape index (κ3) is 3.06. The summed E-state index contributed by atoms with van der Waals surface area (Å²) >= 11 is 1.40. The highest BCUT2D eigenvalue weighted by atomic mass is 32.2. The van der Waals surface area contributed by atoms with E-state index < -0.39 is 0 Å². The van der Waals surface area contributed by atoms with Crippen LogP contribution >= 0.6 is 11.8 Å². The number of fused-ring (bicyclic) bond motifs is 2. The topological polar surface area (TPSA) is 94.3 Å². The maximum absolute atomic E-state index is 9.55. The van der Waals surface area contributed by atoms with Gasteiger partial charge in [0.15, 0.2) is 10.2 Å². The van der Waals surface area contributed by atoms with Gasteiger partial charge in [0.2, 0.25) is 0 Å². The summed E-state index contributed by atoms with van der Waals surface area (Å²) in [4.78, 5) is 15.4. The highest BCUT2D eigenvalue weighted by Gasteiger charge is 2.11. The van der Waals surface area contributed by atoms with Gasteiger partial charge in [0.05, 0.1) is 27.6 Å². The van der Waals surface area contributed by atoms with Gasteiger partial charge in [-0.1, -0.05) is 24.3 Å². The van der Waals surface area contributed by atoms with Gasteiger partial charge in [0, 0.05) is 6.08 Å². The average molecular weight is 383 g/mol. The van der Waals surface area contributed by atoms with Crippen molar-refractivity contribution in [2.24, 2.45) is 0 Å². The second kappa shape index (κ2) is 6.76. The van der Waals surface area contributed by atoms with E-state index in [1.54, 1.807) is 6.08 Å². The number of nitrogens with one attached hydrogen (secondary N) is 2. The van der Waals surface area contributed by atoms with E-state index in [0.29, 0.717) is 22.3 Å². The van der Waals surface area contributed by atoms with E-state index in [1.165, 1.54) is 11.8 Å². The Morgan fingerprint density at radius 1 is 0.929 bits per heavy atom. The van der Waals surface area contributed by atoms with Gasteiger partial charge >= 0.3 is 0 Å². The van der Waals surface area contributed by atoms with Crippen molar-refractivity contribution in [3.63, 3.8) is 0 Å². The molecular weight excluding hydrogens is 370 g/mol. The Morgan fingerprint density at radius 2 is 1.64 bits per heavy atom. The normalized spacial score (nSPS) is 11.9. The first kappa shape index (κ1) is 16.4. The van der Waals surface area contributed by atoms with Gasteiger partial charge in [-0.2, -0.15) is 5.26 Å². The number of allylic oxidation sites excluding steroid dienone is 1. The van der Waals surface area contributed by atoms with E-state index in [-0.39, 0.29) is 0 Å². The number of H-pyrrole nitrogens is 2. The van der Waals surface area contributed by atoms with Crippen LogP contribution in [0.3, 0.4) is 0 Å². The summed E-state index contributed by atoms with van der Waals surface area (Å²) in [5, 5.41) is 11.0. The summed E-state index contributed by atoms with van der Waals surface area (Å²) in [5.41, 5.74) is 4.01. The van der Waals surface area contributed by atoms with E-state index in [4.69, 9.17) is 4.42 Å². The maximum Gasteiger partial charge on any atom is 0.174 e. The second-order valence-corrected chi connectivity index (χ2v) is 7.08. The van der Waals surface area contributed by atoms with Gasteiger partial charge in [-0.25, -0.2) is 9.97 Å². The molecule has 0 aliphatic rings. The number of hydrogen-bond donors (Lipinski definition) is 2. The SMILES string of the molecule is N#C/C(=C/c1ccc(Sc2nc3ccccc3[nH]2)o1)c1nc2ccccc2[nH]1. The van der Waals surface area contributed by atoms with Gasteiger partial charge in [-0.05, 0) is 48.2 Å². The molecule has 7 heteroatoms. The Labute approximate surface area is 163 Å². The summed E-state index contributed by atoms with van der Waals surface area (Å²) in [6, 6.07) is 21.4. The number of imidazole rings is 2. The van der Waals surface area contributed by atoms with E-state index >= 15 is 0 Å². The van der Waals surface area contributed by atoms with Crippen molar-refractivity contribution in [2.75, 3.05) is 0 Å². The molecule has 0 amide bonds. The Bertz CT molecular complexity index is 1300. The summed E-state index contributed by atoms with van der Waals surface area (Å²) in [6.07, 6.45) is 1.68. The molecule has 0 bridgehead atoms. The third-order valence-corrected chi connectivity index (χ3v) is 5.03. The molecule has 2 aromatic carbocycles. The summed E-state index contributed by atoms with van der Waals surface area (Å²) in [6.45, 7) is 0. The summed E-state index contributed by atoms with van der Waals surface area (Å²) < 4.78 is 5.85. The van der Waals surface area contributed by atoms with Crippen LogP contribution in [0.1, 0.15) is 11.6 Å². The molecule has 0 aliphatic carbocycles. The predicted octanol–water partition coefficient (Wildman–Crippen LogP) is 5.25. The first-order valence-corrected chi connectivity index (χ1v) is 9.39. The van der Waals surface area contributed by atoms with Crippen molar-refractivity contribution >= 4 is 45.5 Å². The molecule has 3 heterocycles. The number of aromatic nitrogens is 4. The molecule has 5 rings (SSSR count). The molecule has 134 valence electrons. The average Bonchev–Trinajstić information content (AvgIpc) is 3.43. The quantitative estimate of drug-likeness (QED) is 0.414. The van der Waals surface area contributed by atoms with Crippen LogP contribution in [0.25, 0.3) is 33.7 Å².